The first kappa shape index (κ1) is 15.1. The van der Waals surface area contributed by atoms with Crippen LogP contribution in [0.3, 0.4) is 0 Å². The van der Waals surface area contributed by atoms with E-state index in [1.807, 2.05) is 6.92 Å². The molecule has 0 fully saturated rings. The zero-order valence-corrected chi connectivity index (χ0v) is 11.9. The average molecular weight is 265 g/mol. The summed E-state index contributed by atoms with van der Waals surface area (Å²) in [6, 6.07) is 1.64. The smallest absolute Gasteiger partial charge is 0.329 e. The van der Waals surface area contributed by atoms with Gasteiger partial charge in [0.25, 0.3) is 5.91 Å². The van der Waals surface area contributed by atoms with Crippen LogP contribution in [-0.2, 0) is 11.2 Å². The fraction of sp³-hybridized carbons (Fsp3) is 0.538. The van der Waals surface area contributed by atoms with Crippen LogP contribution in [-0.4, -0.2) is 44.7 Å². The van der Waals surface area contributed by atoms with Crippen LogP contribution < -0.4 is 0 Å². The van der Waals surface area contributed by atoms with E-state index in [1.54, 1.807) is 13.0 Å². The molecule has 0 saturated carbocycles. The summed E-state index contributed by atoms with van der Waals surface area (Å²) in [5.41, 5.74) is 0.330. The fourth-order valence-corrected chi connectivity index (χ4v) is 1.54. The molecule has 19 heavy (non-hydrogen) atoms. The quantitative estimate of drug-likeness (QED) is 0.886. The first-order chi connectivity index (χ1) is 8.71. The first-order valence-electron chi connectivity index (χ1n) is 6.06. The number of likely N-dealkylation sites (N-methyl/N-ethyl adjacent to an activating group) is 1. The highest BCUT2D eigenvalue weighted by atomic mass is 16.4. The van der Waals surface area contributed by atoms with Crippen molar-refractivity contribution in [3.05, 3.63) is 23.0 Å². The van der Waals surface area contributed by atoms with Gasteiger partial charge in [-0.25, -0.2) is 4.79 Å². The minimum absolute atomic E-state index is 0.359. The van der Waals surface area contributed by atoms with E-state index in [1.165, 1.54) is 25.8 Å². The molecule has 0 radical (unpaired) electrons. The molecule has 0 atom stereocenters. The van der Waals surface area contributed by atoms with Gasteiger partial charge in [-0.1, -0.05) is 6.92 Å². The van der Waals surface area contributed by atoms with Crippen molar-refractivity contribution in [3.8, 4) is 0 Å². The van der Waals surface area contributed by atoms with Crippen LogP contribution in [0, 0.1) is 6.92 Å². The molecule has 1 aromatic rings. The number of aromatic nitrogens is 2. The summed E-state index contributed by atoms with van der Waals surface area (Å²) in [5, 5.41) is 17.1. The largest absolute Gasteiger partial charge is 0.480 e. The van der Waals surface area contributed by atoms with E-state index in [4.69, 9.17) is 5.11 Å². The van der Waals surface area contributed by atoms with Gasteiger partial charge in [0.05, 0.1) is 17.0 Å². The maximum absolute atomic E-state index is 12.4. The van der Waals surface area contributed by atoms with E-state index in [2.05, 4.69) is 10.2 Å². The van der Waals surface area contributed by atoms with Crippen LogP contribution >= 0.6 is 0 Å². The molecule has 6 nitrogen and oxygen atoms in total. The van der Waals surface area contributed by atoms with E-state index in [0.717, 1.165) is 0 Å². The molecule has 0 aliphatic heterocycles. The molecular weight excluding hydrogens is 246 g/mol. The van der Waals surface area contributed by atoms with E-state index < -0.39 is 11.5 Å². The van der Waals surface area contributed by atoms with E-state index in [9.17, 15) is 9.59 Å². The van der Waals surface area contributed by atoms with Gasteiger partial charge >= 0.3 is 5.97 Å². The molecule has 1 aromatic heterocycles. The van der Waals surface area contributed by atoms with Crippen molar-refractivity contribution in [2.45, 2.75) is 39.7 Å². The summed E-state index contributed by atoms with van der Waals surface area (Å²) in [5.74, 6) is -1.41. The highest BCUT2D eigenvalue weighted by Gasteiger charge is 2.36. The van der Waals surface area contributed by atoms with Crippen LogP contribution in [0.4, 0.5) is 0 Å². The van der Waals surface area contributed by atoms with Crippen molar-refractivity contribution >= 4 is 11.9 Å². The fourth-order valence-electron chi connectivity index (χ4n) is 1.54. The summed E-state index contributed by atoms with van der Waals surface area (Å²) in [6.07, 6.45) is 0.565. The molecule has 0 spiro atoms. The Balaban J connectivity index is 3.20. The zero-order chi connectivity index (χ0) is 14.8. The molecule has 1 rings (SSSR count). The monoisotopic (exact) mass is 265 g/mol. The highest BCUT2D eigenvalue weighted by Crippen LogP contribution is 2.18. The number of nitrogens with zero attached hydrogens (tertiary/aromatic N) is 3. The Labute approximate surface area is 112 Å². The van der Waals surface area contributed by atoms with Crippen LogP contribution in [0.25, 0.3) is 0 Å². The van der Waals surface area contributed by atoms with Crippen LogP contribution in [0.2, 0.25) is 0 Å². The summed E-state index contributed by atoms with van der Waals surface area (Å²) < 4.78 is 0. The van der Waals surface area contributed by atoms with Gasteiger partial charge < -0.3 is 10.0 Å². The number of hydrogen-bond donors (Lipinski definition) is 1. The van der Waals surface area contributed by atoms with Gasteiger partial charge in [-0.2, -0.15) is 10.2 Å². The van der Waals surface area contributed by atoms with Crippen molar-refractivity contribution in [1.29, 1.82) is 0 Å². The number of carboxylic acids is 1. The Morgan fingerprint density at radius 2 is 1.95 bits per heavy atom. The second-order valence-corrected chi connectivity index (χ2v) is 4.93. The van der Waals surface area contributed by atoms with Crippen molar-refractivity contribution in [1.82, 2.24) is 15.1 Å². The summed E-state index contributed by atoms with van der Waals surface area (Å²) in [4.78, 5) is 24.8. The minimum atomic E-state index is -1.28. The molecule has 0 aliphatic rings. The van der Waals surface area contributed by atoms with Gasteiger partial charge in [0.2, 0.25) is 0 Å². The van der Waals surface area contributed by atoms with Crippen molar-refractivity contribution in [2.75, 3.05) is 7.05 Å². The van der Waals surface area contributed by atoms with Crippen molar-refractivity contribution in [2.24, 2.45) is 0 Å². The summed E-state index contributed by atoms with van der Waals surface area (Å²) in [7, 11) is 1.48. The molecule has 1 N–H and O–H groups in total. The van der Waals surface area contributed by atoms with E-state index in [-0.39, 0.29) is 5.91 Å². The van der Waals surface area contributed by atoms with E-state index >= 15 is 0 Å². The lowest BCUT2D eigenvalue weighted by Crippen LogP contribution is -2.51. The number of carboxylic acid groups (broad SMARTS) is 1. The second-order valence-electron chi connectivity index (χ2n) is 4.93. The molecule has 0 saturated heterocycles. The number of aryl methyl sites for hydroxylation is 2. The summed E-state index contributed by atoms with van der Waals surface area (Å²) in [6.45, 7) is 6.59. The molecule has 0 aliphatic carbocycles. The molecule has 1 amide bonds. The standard InChI is InChI=1S/C13H19N3O3/c1-6-10-9(7-8(2)14-15-10)11(17)16(5)13(3,4)12(18)19/h7H,6H2,1-5H3,(H,18,19). The number of aliphatic carboxylic acids is 1. The predicted octanol–water partition coefficient (Wildman–Crippen LogP) is 1.28. The Kier molecular flexibility index (Phi) is 4.24. The van der Waals surface area contributed by atoms with Gasteiger partial charge in [-0.15, -0.1) is 0 Å². The normalized spacial score (nSPS) is 11.2. The van der Waals surface area contributed by atoms with Crippen LogP contribution in [0.5, 0.6) is 0 Å². The predicted molar refractivity (Wildman–Crippen MR) is 70.0 cm³/mol. The topological polar surface area (TPSA) is 83.4 Å². The third kappa shape index (κ3) is 2.89. The second kappa shape index (κ2) is 5.34. The lowest BCUT2D eigenvalue weighted by molar-refractivity contribution is -0.147. The highest BCUT2D eigenvalue weighted by molar-refractivity contribution is 5.98. The Morgan fingerprint density at radius 3 is 2.42 bits per heavy atom. The Morgan fingerprint density at radius 1 is 1.37 bits per heavy atom. The number of carbonyl (C=O) groups excluding carboxylic acids is 1. The number of rotatable bonds is 4. The Bertz CT molecular complexity index is 512. The SMILES string of the molecule is CCc1nnc(C)cc1C(=O)N(C)C(C)(C)C(=O)O. The number of amides is 1. The van der Waals surface area contributed by atoms with E-state index in [0.29, 0.717) is 23.4 Å². The lowest BCUT2D eigenvalue weighted by Gasteiger charge is -2.31. The van der Waals surface area contributed by atoms with Crippen molar-refractivity contribution in [3.63, 3.8) is 0 Å². The van der Waals surface area contributed by atoms with Gasteiger partial charge in [-0.3, -0.25) is 4.79 Å². The molecule has 0 bridgehead atoms. The third-order valence-electron chi connectivity index (χ3n) is 3.22. The maximum atomic E-state index is 12.4. The Hall–Kier alpha value is -1.98. The van der Waals surface area contributed by atoms with Crippen LogP contribution in [0.15, 0.2) is 6.07 Å². The van der Waals surface area contributed by atoms with Gasteiger partial charge in [0, 0.05) is 7.05 Å². The minimum Gasteiger partial charge on any atom is -0.480 e. The van der Waals surface area contributed by atoms with Gasteiger partial charge in [0.15, 0.2) is 0 Å². The van der Waals surface area contributed by atoms with Gasteiger partial charge in [0.1, 0.15) is 5.54 Å². The van der Waals surface area contributed by atoms with Crippen molar-refractivity contribution < 1.29 is 14.7 Å². The van der Waals surface area contributed by atoms with Gasteiger partial charge in [-0.05, 0) is 33.3 Å². The average Bonchev–Trinajstić information content (AvgIpc) is 2.36. The number of hydrogen-bond acceptors (Lipinski definition) is 4. The number of carbonyl (C=O) groups is 2. The lowest BCUT2D eigenvalue weighted by atomic mass is 10.0. The molecule has 0 aromatic carbocycles. The zero-order valence-electron chi connectivity index (χ0n) is 11.9. The van der Waals surface area contributed by atoms with Crippen LogP contribution in [0.1, 0.15) is 42.5 Å². The first-order valence-corrected chi connectivity index (χ1v) is 6.06. The molecule has 0 unspecified atom stereocenters. The maximum Gasteiger partial charge on any atom is 0.329 e. The molecule has 104 valence electrons. The molecule has 1 heterocycles. The summed E-state index contributed by atoms with van der Waals surface area (Å²) >= 11 is 0. The molecular formula is C13H19N3O3. The third-order valence-corrected chi connectivity index (χ3v) is 3.22. The molecule has 6 heteroatoms.